The first kappa shape index (κ1) is 16.4. The third kappa shape index (κ3) is 4.54. The van der Waals surface area contributed by atoms with Crippen molar-refractivity contribution < 1.29 is 9.59 Å². The minimum atomic E-state index is -0.278. The molecule has 0 saturated heterocycles. The molecule has 0 radical (unpaired) electrons. The number of carbonyl (C=O) groups excluding carboxylic acids is 2. The van der Waals surface area contributed by atoms with E-state index in [1.807, 2.05) is 36.4 Å². The molecule has 126 valence electrons. The van der Waals surface area contributed by atoms with Crippen LogP contribution in [0.5, 0.6) is 0 Å². The fourth-order valence-electron chi connectivity index (χ4n) is 2.31. The van der Waals surface area contributed by atoms with Gasteiger partial charge in [0.25, 0.3) is 5.91 Å². The van der Waals surface area contributed by atoms with Gasteiger partial charge in [0.15, 0.2) is 0 Å². The molecule has 1 aromatic heterocycles. The quantitative estimate of drug-likeness (QED) is 0.645. The lowest BCUT2D eigenvalue weighted by Gasteiger charge is -2.06. The Hall–Kier alpha value is -3.41. The summed E-state index contributed by atoms with van der Waals surface area (Å²) in [6.45, 7) is 0.187. The molecule has 0 fully saturated rings. The van der Waals surface area contributed by atoms with Crippen LogP contribution in [0.1, 0.15) is 16.2 Å². The Morgan fingerprint density at radius 1 is 0.920 bits per heavy atom. The predicted octanol–water partition coefficient (Wildman–Crippen LogP) is 2.12. The van der Waals surface area contributed by atoms with E-state index in [1.54, 1.807) is 30.5 Å². The van der Waals surface area contributed by atoms with Crippen molar-refractivity contribution in [1.82, 2.24) is 20.6 Å². The SMILES string of the molecule is O=C(CNC(=O)c1ccccc1)NCc1ncc(-c2ccccc2)[nH]1. The van der Waals surface area contributed by atoms with Crippen LogP contribution in [0.15, 0.2) is 66.9 Å². The highest BCUT2D eigenvalue weighted by Gasteiger charge is 2.08. The number of aromatic nitrogens is 2. The van der Waals surface area contributed by atoms with Gasteiger partial charge in [-0.05, 0) is 17.7 Å². The molecule has 0 aliphatic heterocycles. The number of nitrogens with zero attached hydrogens (tertiary/aromatic N) is 1. The Bertz CT molecular complexity index is 844. The third-order valence-corrected chi connectivity index (χ3v) is 3.61. The maximum Gasteiger partial charge on any atom is 0.251 e. The van der Waals surface area contributed by atoms with E-state index >= 15 is 0 Å². The average Bonchev–Trinajstić information content (AvgIpc) is 3.15. The molecule has 0 saturated carbocycles. The highest BCUT2D eigenvalue weighted by atomic mass is 16.2. The molecule has 2 amide bonds. The molecule has 0 aliphatic rings. The molecule has 6 nitrogen and oxygen atoms in total. The van der Waals surface area contributed by atoms with Gasteiger partial charge in [0, 0.05) is 5.56 Å². The van der Waals surface area contributed by atoms with E-state index in [1.165, 1.54) is 0 Å². The zero-order valence-electron chi connectivity index (χ0n) is 13.5. The summed E-state index contributed by atoms with van der Waals surface area (Å²) >= 11 is 0. The van der Waals surface area contributed by atoms with Gasteiger partial charge in [-0.15, -0.1) is 0 Å². The predicted molar refractivity (Wildman–Crippen MR) is 94.6 cm³/mol. The van der Waals surface area contributed by atoms with Crippen LogP contribution in [-0.2, 0) is 11.3 Å². The molecule has 0 bridgehead atoms. The fourth-order valence-corrected chi connectivity index (χ4v) is 2.31. The molecule has 6 heteroatoms. The van der Waals surface area contributed by atoms with E-state index < -0.39 is 0 Å². The largest absolute Gasteiger partial charge is 0.347 e. The van der Waals surface area contributed by atoms with E-state index in [0.29, 0.717) is 11.4 Å². The Labute approximate surface area is 145 Å². The zero-order valence-corrected chi connectivity index (χ0v) is 13.5. The van der Waals surface area contributed by atoms with E-state index in [2.05, 4.69) is 20.6 Å². The second-order valence-corrected chi connectivity index (χ2v) is 5.44. The molecule has 0 spiro atoms. The number of hydrogen-bond donors (Lipinski definition) is 3. The molecular weight excluding hydrogens is 316 g/mol. The average molecular weight is 334 g/mol. The zero-order chi connectivity index (χ0) is 17.5. The van der Waals surface area contributed by atoms with Gasteiger partial charge < -0.3 is 15.6 Å². The van der Waals surface area contributed by atoms with Crippen molar-refractivity contribution in [2.24, 2.45) is 0 Å². The monoisotopic (exact) mass is 334 g/mol. The summed E-state index contributed by atoms with van der Waals surface area (Å²) in [5, 5.41) is 5.31. The number of aromatic amines is 1. The van der Waals surface area contributed by atoms with Crippen molar-refractivity contribution in [1.29, 1.82) is 0 Å². The summed E-state index contributed by atoms with van der Waals surface area (Å²) in [7, 11) is 0. The van der Waals surface area contributed by atoms with Gasteiger partial charge in [-0.3, -0.25) is 9.59 Å². The number of hydrogen-bond acceptors (Lipinski definition) is 3. The lowest BCUT2D eigenvalue weighted by atomic mass is 10.2. The Kier molecular flexibility index (Phi) is 5.21. The van der Waals surface area contributed by atoms with Crippen LogP contribution in [0.4, 0.5) is 0 Å². The normalized spacial score (nSPS) is 10.2. The fraction of sp³-hybridized carbons (Fsp3) is 0.105. The summed E-state index contributed by atoms with van der Waals surface area (Å²) < 4.78 is 0. The Morgan fingerprint density at radius 3 is 2.32 bits per heavy atom. The third-order valence-electron chi connectivity index (χ3n) is 3.61. The summed E-state index contributed by atoms with van der Waals surface area (Å²) in [4.78, 5) is 31.1. The molecule has 3 rings (SSSR count). The first-order chi connectivity index (χ1) is 12.2. The van der Waals surface area contributed by atoms with Gasteiger partial charge in [0.1, 0.15) is 5.82 Å². The second kappa shape index (κ2) is 7.92. The van der Waals surface area contributed by atoms with Crippen LogP contribution >= 0.6 is 0 Å². The van der Waals surface area contributed by atoms with E-state index in [-0.39, 0.29) is 24.9 Å². The summed E-state index contributed by atoms with van der Waals surface area (Å²) in [6.07, 6.45) is 1.73. The van der Waals surface area contributed by atoms with Gasteiger partial charge in [-0.25, -0.2) is 4.98 Å². The smallest absolute Gasteiger partial charge is 0.251 e. The van der Waals surface area contributed by atoms with E-state index in [9.17, 15) is 9.59 Å². The molecule has 1 heterocycles. The van der Waals surface area contributed by atoms with Gasteiger partial charge in [-0.1, -0.05) is 48.5 Å². The van der Waals surface area contributed by atoms with Crippen LogP contribution in [0.3, 0.4) is 0 Å². The maximum atomic E-state index is 11.9. The van der Waals surface area contributed by atoms with Crippen molar-refractivity contribution in [2.75, 3.05) is 6.54 Å². The summed E-state index contributed by atoms with van der Waals surface area (Å²) in [5.41, 5.74) is 2.44. The van der Waals surface area contributed by atoms with Crippen molar-refractivity contribution >= 4 is 11.8 Å². The molecular formula is C19H18N4O2. The molecule has 2 aromatic carbocycles. The van der Waals surface area contributed by atoms with Crippen molar-refractivity contribution in [3.8, 4) is 11.3 Å². The minimum absolute atomic E-state index is 0.0834. The number of benzene rings is 2. The number of carbonyl (C=O) groups is 2. The van der Waals surface area contributed by atoms with Crippen LogP contribution in [0.25, 0.3) is 11.3 Å². The molecule has 3 N–H and O–H groups in total. The van der Waals surface area contributed by atoms with Gasteiger partial charge in [0.2, 0.25) is 5.91 Å². The number of H-pyrrole nitrogens is 1. The van der Waals surface area contributed by atoms with Crippen LogP contribution in [0.2, 0.25) is 0 Å². The minimum Gasteiger partial charge on any atom is -0.347 e. The number of rotatable bonds is 6. The van der Waals surface area contributed by atoms with Gasteiger partial charge >= 0.3 is 0 Å². The van der Waals surface area contributed by atoms with Crippen molar-refractivity contribution in [3.05, 3.63) is 78.2 Å². The van der Waals surface area contributed by atoms with Gasteiger partial charge in [-0.2, -0.15) is 0 Å². The first-order valence-corrected chi connectivity index (χ1v) is 7.91. The first-order valence-electron chi connectivity index (χ1n) is 7.91. The highest BCUT2D eigenvalue weighted by Crippen LogP contribution is 2.15. The lowest BCUT2D eigenvalue weighted by Crippen LogP contribution is -2.36. The molecule has 0 atom stereocenters. The number of imidazole rings is 1. The van der Waals surface area contributed by atoms with Crippen LogP contribution in [-0.4, -0.2) is 28.3 Å². The summed E-state index contributed by atoms with van der Waals surface area (Å²) in [6, 6.07) is 18.6. The maximum absolute atomic E-state index is 11.9. The standard InChI is InChI=1S/C19H18N4O2/c24-18(13-22-19(25)15-9-5-2-6-10-15)21-12-17-20-11-16(23-17)14-7-3-1-4-8-14/h1-11H,12-13H2,(H,20,23)(H,21,24)(H,22,25). The highest BCUT2D eigenvalue weighted by molar-refractivity contribution is 5.96. The molecule has 0 aliphatic carbocycles. The van der Waals surface area contributed by atoms with E-state index in [4.69, 9.17) is 0 Å². The Morgan fingerprint density at radius 2 is 1.60 bits per heavy atom. The van der Waals surface area contributed by atoms with Crippen LogP contribution in [0, 0.1) is 0 Å². The van der Waals surface area contributed by atoms with Crippen LogP contribution < -0.4 is 10.6 Å². The molecule has 3 aromatic rings. The van der Waals surface area contributed by atoms with Crippen molar-refractivity contribution in [3.63, 3.8) is 0 Å². The molecule has 0 unspecified atom stereocenters. The Balaban J connectivity index is 1.47. The lowest BCUT2D eigenvalue weighted by molar-refractivity contribution is -0.120. The summed E-state index contributed by atoms with van der Waals surface area (Å²) in [5.74, 6) is 0.101. The second-order valence-electron chi connectivity index (χ2n) is 5.44. The van der Waals surface area contributed by atoms with Gasteiger partial charge in [0.05, 0.1) is 25.0 Å². The van der Waals surface area contributed by atoms with Crippen molar-refractivity contribution in [2.45, 2.75) is 6.54 Å². The number of amides is 2. The van der Waals surface area contributed by atoms with E-state index in [0.717, 1.165) is 11.3 Å². The number of nitrogens with one attached hydrogen (secondary N) is 3. The molecule has 25 heavy (non-hydrogen) atoms. The topological polar surface area (TPSA) is 86.9 Å².